The van der Waals surface area contributed by atoms with E-state index in [1.54, 1.807) is 10.9 Å². The molecule has 40 heavy (non-hydrogen) atoms. The van der Waals surface area contributed by atoms with Gasteiger partial charge in [0.2, 0.25) is 0 Å². The van der Waals surface area contributed by atoms with Gasteiger partial charge in [0, 0.05) is 35.8 Å². The minimum Gasteiger partial charge on any atom is -0.496 e. The molecule has 2 amide bonds. The zero-order chi connectivity index (χ0) is 28.1. The van der Waals surface area contributed by atoms with E-state index in [1.165, 1.54) is 19.2 Å². The summed E-state index contributed by atoms with van der Waals surface area (Å²) in [6.45, 7) is 0.174. The lowest BCUT2D eigenvalue weighted by molar-refractivity contribution is 0.0946. The van der Waals surface area contributed by atoms with Crippen molar-refractivity contribution in [2.24, 2.45) is 5.73 Å². The Morgan fingerprint density at radius 2 is 1.90 bits per heavy atom. The highest BCUT2D eigenvalue weighted by molar-refractivity contribution is 6.07. The number of hydrogen-bond acceptors (Lipinski definition) is 6. The number of benzene rings is 2. The van der Waals surface area contributed by atoms with E-state index in [4.69, 9.17) is 21.3 Å². The number of nitrogen functional groups attached to an aromatic ring is 1. The smallest absolute Gasteiger partial charge is 0.255 e. The molecule has 0 radical (unpaired) electrons. The van der Waals surface area contributed by atoms with E-state index in [-0.39, 0.29) is 29.5 Å². The van der Waals surface area contributed by atoms with Crippen LogP contribution in [0, 0.1) is 5.82 Å². The molecule has 0 saturated carbocycles. The molecule has 6 N–H and O–H groups in total. The number of aromatic nitrogens is 3. The van der Waals surface area contributed by atoms with Crippen LogP contribution in [-0.4, -0.2) is 57.7 Å². The summed E-state index contributed by atoms with van der Waals surface area (Å²) in [6, 6.07) is 10.4. The number of nitrogens with one attached hydrogen (secondary N) is 2. The summed E-state index contributed by atoms with van der Waals surface area (Å²) in [5.74, 6) is -1.04. The molecule has 0 aliphatic carbocycles. The number of ether oxygens (including phenoxy) is 1. The normalized spacial score (nSPS) is 20.6. The van der Waals surface area contributed by atoms with E-state index in [0.717, 1.165) is 48.2 Å². The van der Waals surface area contributed by atoms with Crippen molar-refractivity contribution < 1.29 is 18.7 Å². The van der Waals surface area contributed by atoms with Crippen molar-refractivity contribution in [3.05, 3.63) is 65.1 Å². The van der Waals surface area contributed by atoms with Crippen molar-refractivity contribution in [1.29, 1.82) is 0 Å². The molecule has 6 rings (SSSR count). The van der Waals surface area contributed by atoms with Gasteiger partial charge in [-0.1, -0.05) is 12.1 Å². The van der Waals surface area contributed by atoms with Gasteiger partial charge in [-0.2, -0.15) is 5.10 Å². The SMILES string of the molecule is COc1ccc(F)cc1C(=O)NCc1ccc(-c2nn(C3C[C@H]4CC[C@@H](C3)N4C)c(N)c2C(N)=O)c2cc[nH]c12. The minimum atomic E-state index is -0.626. The monoisotopic (exact) mass is 545 g/mol. The lowest BCUT2D eigenvalue weighted by Gasteiger charge is -2.36. The second kappa shape index (κ2) is 9.98. The molecule has 3 atom stereocenters. The number of piperidine rings is 1. The number of carbonyl (C=O) groups is 2. The topological polar surface area (TPSA) is 144 Å². The molecule has 2 saturated heterocycles. The second-order valence-corrected chi connectivity index (χ2v) is 10.7. The first-order chi connectivity index (χ1) is 19.3. The van der Waals surface area contributed by atoms with Gasteiger partial charge < -0.3 is 31.4 Å². The number of anilines is 1. The molecular formula is C29H32FN7O3. The van der Waals surface area contributed by atoms with Crippen LogP contribution in [0.5, 0.6) is 5.75 Å². The van der Waals surface area contributed by atoms with Gasteiger partial charge in [0.05, 0.1) is 24.2 Å². The summed E-state index contributed by atoms with van der Waals surface area (Å²) < 4.78 is 20.8. The van der Waals surface area contributed by atoms with Gasteiger partial charge in [-0.05, 0) is 62.6 Å². The summed E-state index contributed by atoms with van der Waals surface area (Å²) in [6.07, 6.45) is 5.94. The number of hydrogen-bond donors (Lipinski definition) is 4. The lowest BCUT2D eigenvalue weighted by atomic mass is 9.98. The Balaban J connectivity index is 1.32. The van der Waals surface area contributed by atoms with Crippen molar-refractivity contribution in [3.63, 3.8) is 0 Å². The maximum atomic E-state index is 13.8. The van der Waals surface area contributed by atoms with Gasteiger partial charge in [0.15, 0.2) is 0 Å². The summed E-state index contributed by atoms with van der Waals surface area (Å²) in [4.78, 5) is 31.1. The number of primary amides is 1. The maximum absolute atomic E-state index is 13.8. The van der Waals surface area contributed by atoms with Gasteiger partial charge >= 0.3 is 0 Å². The Morgan fingerprint density at radius 1 is 1.15 bits per heavy atom. The van der Waals surface area contributed by atoms with E-state index < -0.39 is 17.6 Å². The first-order valence-corrected chi connectivity index (χ1v) is 13.4. The van der Waals surface area contributed by atoms with Gasteiger partial charge in [-0.25, -0.2) is 9.07 Å². The van der Waals surface area contributed by atoms with Crippen LogP contribution in [0.1, 0.15) is 58.0 Å². The predicted molar refractivity (Wildman–Crippen MR) is 149 cm³/mol. The second-order valence-electron chi connectivity index (χ2n) is 10.7. The molecule has 4 aromatic rings. The van der Waals surface area contributed by atoms with Gasteiger partial charge in [0.25, 0.3) is 11.8 Å². The molecule has 2 bridgehead atoms. The Hall–Kier alpha value is -4.38. The van der Waals surface area contributed by atoms with Crippen LogP contribution >= 0.6 is 0 Å². The molecule has 208 valence electrons. The fourth-order valence-corrected chi connectivity index (χ4v) is 6.44. The molecule has 2 aliphatic heterocycles. The van der Waals surface area contributed by atoms with E-state index in [0.29, 0.717) is 29.2 Å². The molecule has 11 heteroatoms. The first kappa shape index (κ1) is 25.9. The van der Waals surface area contributed by atoms with E-state index in [9.17, 15) is 14.0 Å². The fraction of sp³-hybridized carbons (Fsp3) is 0.345. The summed E-state index contributed by atoms with van der Waals surface area (Å²) >= 11 is 0. The highest BCUT2D eigenvalue weighted by atomic mass is 19.1. The first-order valence-electron chi connectivity index (χ1n) is 13.4. The summed E-state index contributed by atoms with van der Waals surface area (Å²) in [5, 5.41) is 8.54. The largest absolute Gasteiger partial charge is 0.496 e. The van der Waals surface area contributed by atoms with Gasteiger partial charge in [-0.15, -0.1) is 0 Å². The number of carbonyl (C=O) groups excluding carboxylic acids is 2. The van der Waals surface area contributed by atoms with Crippen molar-refractivity contribution >= 4 is 28.5 Å². The third kappa shape index (κ3) is 4.26. The number of H-pyrrole nitrogens is 1. The molecule has 2 aromatic carbocycles. The van der Waals surface area contributed by atoms with Gasteiger partial charge in [-0.3, -0.25) is 9.59 Å². The average Bonchev–Trinajstić information content (AvgIpc) is 3.60. The third-order valence-corrected chi connectivity index (χ3v) is 8.52. The number of aromatic amines is 1. The Labute approximate surface area is 230 Å². The predicted octanol–water partition coefficient (Wildman–Crippen LogP) is 3.59. The number of halogens is 1. The Bertz CT molecular complexity index is 1610. The van der Waals surface area contributed by atoms with Crippen LogP contribution < -0.4 is 21.5 Å². The molecular weight excluding hydrogens is 513 g/mol. The number of amides is 2. The fourth-order valence-electron chi connectivity index (χ4n) is 6.44. The summed E-state index contributed by atoms with van der Waals surface area (Å²) in [5.41, 5.74) is 15.4. The number of nitrogens with zero attached hydrogens (tertiary/aromatic N) is 3. The van der Waals surface area contributed by atoms with Gasteiger partial charge in [0.1, 0.15) is 28.6 Å². The number of methoxy groups -OCH3 is 1. The number of nitrogens with two attached hydrogens (primary N) is 2. The van der Waals surface area contributed by atoms with E-state index >= 15 is 0 Å². The van der Waals surface area contributed by atoms with Crippen molar-refractivity contribution in [2.75, 3.05) is 19.9 Å². The molecule has 0 spiro atoms. The standard InChI is InChI=1S/C29H32FN7O3/c1-36-17-5-6-18(36)13-19(12-17)37-27(31)24(28(32)38)26(35-37)20-7-3-15(25-21(20)9-10-33-25)14-34-29(39)22-11-16(30)4-8-23(22)40-2/h3-4,7-11,17-19,33H,5-6,12-14,31H2,1-2H3,(H2,32,38)(H,34,39)/t17-,18+,19?. The third-order valence-electron chi connectivity index (χ3n) is 8.52. The lowest BCUT2D eigenvalue weighted by Crippen LogP contribution is -2.41. The average molecular weight is 546 g/mol. The van der Waals surface area contributed by atoms with Crippen LogP contribution in [0.2, 0.25) is 0 Å². The van der Waals surface area contributed by atoms with Crippen molar-refractivity contribution in [2.45, 2.75) is 50.4 Å². The zero-order valence-electron chi connectivity index (χ0n) is 22.4. The van der Waals surface area contributed by atoms with Crippen molar-refractivity contribution in [1.82, 2.24) is 25.0 Å². The molecule has 2 aromatic heterocycles. The minimum absolute atomic E-state index is 0.0940. The van der Waals surface area contributed by atoms with Crippen LogP contribution in [0.15, 0.2) is 42.6 Å². The molecule has 2 fully saturated rings. The Morgan fingerprint density at radius 3 is 2.60 bits per heavy atom. The van der Waals surface area contributed by atoms with Crippen molar-refractivity contribution in [3.8, 4) is 17.0 Å². The highest BCUT2D eigenvalue weighted by Gasteiger charge is 2.40. The molecule has 2 aliphatic rings. The number of fused-ring (bicyclic) bond motifs is 3. The highest BCUT2D eigenvalue weighted by Crippen LogP contribution is 2.42. The van der Waals surface area contributed by atoms with Crippen LogP contribution in [0.3, 0.4) is 0 Å². The summed E-state index contributed by atoms with van der Waals surface area (Å²) in [7, 11) is 3.60. The van der Waals surface area contributed by atoms with Crippen LogP contribution in [-0.2, 0) is 6.54 Å². The van der Waals surface area contributed by atoms with Crippen LogP contribution in [0.25, 0.3) is 22.2 Å². The maximum Gasteiger partial charge on any atom is 0.255 e. The molecule has 4 heterocycles. The molecule has 10 nitrogen and oxygen atoms in total. The van der Waals surface area contributed by atoms with Crippen LogP contribution in [0.4, 0.5) is 10.2 Å². The quantitative estimate of drug-likeness (QED) is 0.279. The number of rotatable bonds is 7. The van der Waals surface area contributed by atoms with E-state index in [2.05, 4.69) is 22.2 Å². The zero-order valence-corrected chi connectivity index (χ0v) is 22.4. The molecule has 1 unspecified atom stereocenters. The van der Waals surface area contributed by atoms with E-state index in [1.807, 2.05) is 18.2 Å². The Kier molecular flexibility index (Phi) is 6.46.